The van der Waals surface area contributed by atoms with E-state index in [4.69, 9.17) is 14.2 Å². The third-order valence-corrected chi connectivity index (χ3v) is 5.01. The van der Waals surface area contributed by atoms with Crippen LogP contribution in [0.2, 0.25) is 0 Å². The molecule has 10 heteroatoms. The predicted octanol–water partition coefficient (Wildman–Crippen LogP) is 3.45. The van der Waals surface area contributed by atoms with Crippen molar-refractivity contribution < 1.29 is 33.0 Å². The van der Waals surface area contributed by atoms with Gasteiger partial charge in [0.1, 0.15) is 11.4 Å². The number of nitrogens with one attached hydrogen (secondary N) is 2. The number of benzene rings is 1. The van der Waals surface area contributed by atoms with E-state index in [9.17, 15) is 18.8 Å². The van der Waals surface area contributed by atoms with E-state index >= 15 is 0 Å². The van der Waals surface area contributed by atoms with Gasteiger partial charge in [-0.2, -0.15) is 0 Å². The Morgan fingerprint density at radius 2 is 1.79 bits per heavy atom. The average molecular weight is 464 g/mol. The number of alkyl carbamates (subject to hydrolysis) is 1. The number of carbonyl (C=O) groups is 3. The minimum atomic E-state index is -1.34. The van der Waals surface area contributed by atoms with Crippen LogP contribution in [0.1, 0.15) is 47.5 Å². The van der Waals surface area contributed by atoms with Crippen LogP contribution in [-0.4, -0.2) is 48.6 Å². The lowest BCUT2D eigenvalue weighted by molar-refractivity contribution is -0.222. The van der Waals surface area contributed by atoms with Crippen molar-refractivity contribution >= 4 is 29.4 Å². The number of hydrogen-bond donors (Lipinski definition) is 2. The topological polar surface area (TPSA) is 106 Å². The van der Waals surface area contributed by atoms with Gasteiger partial charge in [-0.25, -0.2) is 18.8 Å². The lowest BCUT2D eigenvalue weighted by Gasteiger charge is -2.35. The molecular weight excluding hydrogens is 433 g/mol. The third-order valence-electron chi connectivity index (χ3n) is 5.01. The first kappa shape index (κ1) is 24.3. The maximum Gasteiger partial charge on any atom is 0.407 e. The fourth-order valence-corrected chi connectivity index (χ4v) is 3.60. The average Bonchev–Trinajstić information content (AvgIpc) is 2.66. The van der Waals surface area contributed by atoms with Crippen molar-refractivity contribution in [2.45, 2.75) is 64.9 Å². The van der Waals surface area contributed by atoms with Crippen LogP contribution in [0.3, 0.4) is 0 Å². The van der Waals surface area contributed by atoms with Crippen molar-refractivity contribution in [3.63, 3.8) is 0 Å². The fourth-order valence-electron chi connectivity index (χ4n) is 3.60. The van der Waals surface area contributed by atoms with E-state index in [0.717, 1.165) is 6.20 Å². The number of esters is 2. The van der Waals surface area contributed by atoms with E-state index in [0.29, 0.717) is 37.3 Å². The normalized spacial score (nSPS) is 18.8. The second-order valence-corrected chi connectivity index (χ2v) is 9.42. The molecule has 0 aromatic heterocycles. The van der Waals surface area contributed by atoms with E-state index in [2.05, 4.69) is 10.6 Å². The smallest absolute Gasteiger partial charge is 0.407 e. The largest absolute Gasteiger partial charge is 0.444 e. The molecule has 3 rings (SSSR count). The lowest BCUT2D eigenvalue weighted by Crippen LogP contribution is -2.46. The third kappa shape index (κ3) is 6.36. The Morgan fingerprint density at radius 1 is 1.18 bits per heavy atom. The summed E-state index contributed by atoms with van der Waals surface area (Å²) in [7, 11) is 0. The molecule has 1 aromatic carbocycles. The molecule has 180 valence electrons. The maximum absolute atomic E-state index is 14.8. The van der Waals surface area contributed by atoms with Gasteiger partial charge >= 0.3 is 18.0 Å². The molecule has 0 spiro atoms. The second kappa shape index (κ2) is 9.29. The number of hydrogen-bond acceptors (Lipinski definition) is 8. The molecule has 0 aliphatic carbocycles. The minimum Gasteiger partial charge on any atom is -0.444 e. The Morgan fingerprint density at radius 3 is 2.36 bits per heavy atom. The van der Waals surface area contributed by atoms with E-state index in [-0.39, 0.29) is 11.6 Å². The summed E-state index contributed by atoms with van der Waals surface area (Å²) in [5, 5.41) is 5.70. The van der Waals surface area contributed by atoms with Gasteiger partial charge in [-0.1, -0.05) is 6.07 Å². The number of amides is 1. The Kier molecular flexibility index (Phi) is 6.85. The number of ether oxygens (including phenoxy) is 3. The molecule has 0 radical (unpaired) electrons. The summed E-state index contributed by atoms with van der Waals surface area (Å²) in [6.07, 6.45) is 1.88. The Labute approximate surface area is 192 Å². The van der Waals surface area contributed by atoms with E-state index in [1.54, 1.807) is 26.8 Å². The van der Waals surface area contributed by atoms with Crippen LogP contribution in [-0.2, 0) is 23.8 Å². The van der Waals surface area contributed by atoms with Gasteiger partial charge in [-0.05, 0) is 45.7 Å². The number of anilines is 2. The molecule has 0 saturated carbocycles. The molecule has 2 N–H and O–H groups in total. The van der Waals surface area contributed by atoms with Gasteiger partial charge in [0, 0.05) is 39.2 Å². The number of nitrogens with zero attached hydrogens (tertiary/aromatic N) is 1. The molecule has 2 heterocycles. The summed E-state index contributed by atoms with van der Waals surface area (Å²) in [5.41, 5.74) is -0.209. The van der Waals surface area contributed by atoms with Gasteiger partial charge in [0.25, 0.3) is 5.79 Å². The predicted molar refractivity (Wildman–Crippen MR) is 119 cm³/mol. The maximum atomic E-state index is 14.8. The molecule has 2 fully saturated rings. The number of piperidine rings is 1. The zero-order chi connectivity index (χ0) is 24.4. The highest BCUT2D eigenvalue weighted by atomic mass is 19.1. The highest BCUT2D eigenvalue weighted by molar-refractivity contribution is 6.15. The van der Waals surface area contributed by atoms with E-state index < -0.39 is 35.2 Å². The number of carbonyl (C=O) groups excluding carboxylic acids is 3. The summed E-state index contributed by atoms with van der Waals surface area (Å²) in [6.45, 7) is 9.29. The zero-order valence-electron chi connectivity index (χ0n) is 19.5. The molecule has 0 atom stereocenters. The van der Waals surface area contributed by atoms with Gasteiger partial charge in [-0.3, -0.25) is 0 Å². The summed E-state index contributed by atoms with van der Waals surface area (Å²) in [6, 6.07) is 4.42. The first-order chi connectivity index (χ1) is 15.3. The molecule has 2 aliphatic rings. The van der Waals surface area contributed by atoms with Crippen molar-refractivity contribution in [2.75, 3.05) is 23.3 Å². The minimum absolute atomic E-state index is 0.0865. The van der Waals surface area contributed by atoms with Crippen molar-refractivity contribution in [2.24, 2.45) is 0 Å². The van der Waals surface area contributed by atoms with E-state index in [1.807, 2.05) is 4.90 Å². The van der Waals surface area contributed by atoms with E-state index in [1.165, 1.54) is 26.0 Å². The van der Waals surface area contributed by atoms with Crippen LogP contribution in [0.4, 0.5) is 20.6 Å². The summed E-state index contributed by atoms with van der Waals surface area (Å²) >= 11 is 0. The van der Waals surface area contributed by atoms with Crippen molar-refractivity contribution in [3.8, 4) is 0 Å². The Bertz CT molecular complexity index is 939. The highest BCUT2D eigenvalue weighted by Gasteiger charge is 2.39. The molecule has 33 heavy (non-hydrogen) atoms. The number of cyclic esters (lactones) is 2. The monoisotopic (exact) mass is 463 g/mol. The van der Waals surface area contributed by atoms with Crippen LogP contribution in [0.5, 0.6) is 0 Å². The van der Waals surface area contributed by atoms with Crippen molar-refractivity contribution in [1.29, 1.82) is 0 Å². The molecule has 9 nitrogen and oxygen atoms in total. The quantitative estimate of drug-likeness (QED) is 0.397. The van der Waals surface area contributed by atoms with Crippen molar-refractivity contribution in [3.05, 3.63) is 35.8 Å². The molecular formula is C23H30FN3O6. The van der Waals surface area contributed by atoms with Gasteiger partial charge in [0.15, 0.2) is 5.57 Å². The van der Waals surface area contributed by atoms with Crippen molar-refractivity contribution in [1.82, 2.24) is 5.32 Å². The van der Waals surface area contributed by atoms with Gasteiger partial charge < -0.3 is 29.7 Å². The molecule has 2 aliphatic heterocycles. The molecule has 2 saturated heterocycles. The van der Waals surface area contributed by atoms with Crippen LogP contribution >= 0.6 is 0 Å². The first-order valence-corrected chi connectivity index (χ1v) is 10.8. The molecule has 0 unspecified atom stereocenters. The van der Waals surface area contributed by atoms with Crippen LogP contribution in [0.25, 0.3) is 0 Å². The van der Waals surface area contributed by atoms with Gasteiger partial charge in [-0.15, -0.1) is 0 Å². The molecule has 1 aromatic rings. The Balaban J connectivity index is 1.68. The second-order valence-electron chi connectivity index (χ2n) is 9.42. The van der Waals surface area contributed by atoms with Crippen LogP contribution in [0, 0.1) is 5.82 Å². The number of para-hydroxylation sites is 1. The van der Waals surface area contributed by atoms with Crippen LogP contribution in [0.15, 0.2) is 30.0 Å². The summed E-state index contributed by atoms with van der Waals surface area (Å²) in [5.74, 6) is -3.44. The van der Waals surface area contributed by atoms with Gasteiger partial charge in [0.05, 0.1) is 11.4 Å². The SMILES string of the molecule is CC(C)(C)OC(=O)NC1CCN(c2c(F)cccc2NC=C2C(=O)OC(C)(C)OC2=O)CC1. The number of rotatable bonds is 4. The lowest BCUT2D eigenvalue weighted by atomic mass is 10.0. The standard InChI is InChI=1S/C23H30FN3O6/c1-22(2,3)33-21(30)26-14-9-11-27(12-10-14)18-16(24)7-6-8-17(18)25-13-15-19(28)31-23(4,5)32-20(15)29/h6-8,13-14,25H,9-12H2,1-5H3,(H,26,30). The summed E-state index contributed by atoms with van der Waals surface area (Å²) in [4.78, 5) is 38.2. The highest BCUT2D eigenvalue weighted by Crippen LogP contribution is 2.32. The number of halogens is 1. The molecule has 1 amide bonds. The first-order valence-electron chi connectivity index (χ1n) is 10.8. The fraction of sp³-hybridized carbons (Fsp3) is 0.522. The summed E-state index contributed by atoms with van der Waals surface area (Å²) < 4.78 is 30.2. The zero-order valence-corrected chi connectivity index (χ0v) is 19.5. The Hall–Kier alpha value is -3.30. The molecule has 0 bridgehead atoms. The van der Waals surface area contributed by atoms with Crippen LogP contribution < -0.4 is 15.5 Å². The van der Waals surface area contributed by atoms with Gasteiger partial charge in [0.2, 0.25) is 0 Å².